The minimum atomic E-state index is 0.644. The summed E-state index contributed by atoms with van der Waals surface area (Å²) < 4.78 is 10.7. The molecule has 0 atom stereocenters. The van der Waals surface area contributed by atoms with Crippen molar-refractivity contribution >= 4 is 0 Å². The third-order valence-corrected chi connectivity index (χ3v) is 5.55. The van der Waals surface area contributed by atoms with Gasteiger partial charge in [-0.1, -0.05) is 66.2 Å². The van der Waals surface area contributed by atoms with Crippen molar-refractivity contribution in [3.8, 4) is 22.8 Å². The highest BCUT2D eigenvalue weighted by Crippen LogP contribution is 2.27. The maximum absolute atomic E-state index is 5.41. The number of nitrogens with zero attached hydrogens (tertiary/aromatic N) is 3. The van der Waals surface area contributed by atoms with Crippen LogP contribution >= 0.6 is 0 Å². The van der Waals surface area contributed by atoms with Gasteiger partial charge in [-0.25, -0.2) is 0 Å². The number of hydrogen-bond acceptors (Lipinski definition) is 5. The van der Waals surface area contributed by atoms with E-state index in [1.807, 2.05) is 30.3 Å². The summed E-state index contributed by atoms with van der Waals surface area (Å²) in [7, 11) is 3.31. The van der Waals surface area contributed by atoms with Gasteiger partial charge in [-0.3, -0.25) is 0 Å². The molecular weight excluding hydrogens is 412 g/mol. The summed E-state index contributed by atoms with van der Waals surface area (Å²) in [6, 6.07) is 24.8. The molecule has 0 aliphatic rings. The van der Waals surface area contributed by atoms with E-state index in [0.29, 0.717) is 13.1 Å². The fourth-order valence-corrected chi connectivity index (χ4v) is 3.72. The molecule has 33 heavy (non-hydrogen) atoms. The number of benzene rings is 3. The number of ether oxygens (including phenoxy) is 2. The second-order valence-electron chi connectivity index (χ2n) is 7.99. The molecule has 1 aromatic heterocycles. The number of nitrogens with one attached hydrogen (secondary N) is 1. The Morgan fingerprint density at radius 2 is 1.55 bits per heavy atom. The molecule has 4 aromatic rings. The minimum absolute atomic E-state index is 0.644. The lowest BCUT2D eigenvalue weighted by Gasteiger charge is -2.10. The monoisotopic (exact) mass is 442 g/mol. The van der Waals surface area contributed by atoms with Crippen molar-refractivity contribution in [1.29, 1.82) is 0 Å². The predicted molar refractivity (Wildman–Crippen MR) is 131 cm³/mol. The Kier molecular flexibility index (Phi) is 7.37. The standard InChI is InChI=1S/C27H30N4O2/c1-20-9-11-22(12-10-20)19-31-29-24(27(30-31)23-7-5-4-6-8-23)18-28-16-15-21-13-14-25(32-2)26(17-21)33-3/h4-14,17,28H,15-16,18-19H2,1-3H3. The zero-order valence-electron chi connectivity index (χ0n) is 19.4. The highest BCUT2D eigenvalue weighted by Gasteiger charge is 2.13. The molecule has 0 aliphatic heterocycles. The van der Waals surface area contributed by atoms with Gasteiger partial charge in [0.05, 0.1) is 20.8 Å². The van der Waals surface area contributed by atoms with Crippen molar-refractivity contribution in [3.63, 3.8) is 0 Å². The van der Waals surface area contributed by atoms with Gasteiger partial charge in [0.15, 0.2) is 11.5 Å². The molecule has 0 unspecified atom stereocenters. The van der Waals surface area contributed by atoms with Gasteiger partial charge >= 0.3 is 0 Å². The van der Waals surface area contributed by atoms with Gasteiger partial charge in [0.25, 0.3) is 0 Å². The topological polar surface area (TPSA) is 61.2 Å². The van der Waals surface area contributed by atoms with Crippen LogP contribution in [-0.4, -0.2) is 35.8 Å². The van der Waals surface area contributed by atoms with Crippen molar-refractivity contribution in [1.82, 2.24) is 20.3 Å². The number of aryl methyl sites for hydroxylation is 1. The zero-order chi connectivity index (χ0) is 23.0. The van der Waals surface area contributed by atoms with Crippen LogP contribution in [0.3, 0.4) is 0 Å². The molecule has 1 N–H and O–H groups in total. The van der Waals surface area contributed by atoms with Crippen LogP contribution in [0.25, 0.3) is 11.3 Å². The summed E-state index contributed by atoms with van der Waals surface area (Å²) in [5.74, 6) is 1.49. The van der Waals surface area contributed by atoms with E-state index in [4.69, 9.17) is 19.7 Å². The second-order valence-corrected chi connectivity index (χ2v) is 7.99. The van der Waals surface area contributed by atoms with Gasteiger partial charge < -0.3 is 14.8 Å². The smallest absolute Gasteiger partial charge is 0.160 e. The van der Waals surface area contributed by atoms with Gasteiger partial charge in [0, 0.05) is 12.1 Å². The summed E-state index contributed by atoms with van der Waals surface area (Å²) in [4.78, 5) is 1.79. The zero-order valence-corrected chi connectivity index (χ0v) is 19.4. The van der Waals surface area contributed by atoms with E-state index in [0.717, 1.165) is 41.4 Å². The first-order valence-corrected chi connectivity index (χ1v) is 11.1. The quantitative estimate of drug-likeness (QED) is 0.362. The molecule has 0 fully saturated rings. The molecule has 0 spiro atoms. The highest BCUT2D eigenvalue weighted by molar-refractivity contribution is 5.60. The van der Waals surface area contributed by atoms with Crippen LogP contribution < -0.4 is 14.8 Å². The van der Waals surface area contributed by atoms with Gasteiger partial charge in [0.2, 0.25) is 0 Å². The fraction of sp³-hybridized carbons (Fsp3) is 0.259. The molecule has 6 heteroatoms. The number of aromatic nitrogens is 3. The summed E-state index contributed by atoms with van der Waals surface area (Å²) in [6.07, 6.45) is 0.874. The minimum Gasteiger partial charge on any atom is -0.493 e. The first kappa shape index (κ1) is 22.6. The maximum Gasteiger partial charge on any atom is 0.160 e. The summed E-state index contributed by atoms with van der Waals surface area (Å²) in [5, 5.41) is 13.1. The van der Waals surface area contributed by atoms with Gasteiger partial charge in [0.1, 0.15) is 11.4 Å². The lowest BCUT2D eigenvalue weighted by atomic mass is 10.1. The molecule has 0 bridgehead atoms. The highest BCUT2D eigenvalue weighted by atomic mass is 16.5. The fourth-order valence-electron chi connectivity index (χ4n) is 3.72. The van der Waals surface area contributed by atoms with Crippen LogP contribution in [0.15, 0.2) is 72.8 Å². The van der Waals surface area contributed by atoms with Crippen LogP contribution in [0.1, 0.15) is 22.4 Å². The first-order valence-electron chi connectivity index (χ1n) is 11.1. The average Bonchev–Trinajstić information content (AvgIpc) is 3.26. The molecule has 0 radical (unpaired) electrons. The van der Waals surface area contributed by atoms with Crippen LogP contribution in [0, 0.1) is 6.92 Å². The van der Waals surface area contributed by atoms with E-state index in [9.17, 15) is 0 Å². The molecule has 170 valence electrons. The van der Waals surface area contributed by atoms with Crippen molar-refractivity contribution in [2.24, 2.45) is 0 Å². The largest absolute Gasteiger partial charge is 0.493 e. The molecule has 1 heterocycles. The summed E-state index contributed by atoms with van der Waals surface area (Å²) in [5.41, 5.74) is 6.55. The van der Waals surface area contributed by atoms with Crippen LogP contribution in [0.2, 0.25) is 0 Å². The number of hydrogen-bond donors (Lipinski definition) is 1. The summed E-state index contributed by atoms with van der Waals surface area (Å²) >= 11 is 0. The van der Waals surface area contributed by atoms with Crippen LogP contribution in [0.5, 0.6) is 11.5 Å². The third kappa shape index (κ3) is 5.79. The Labute approximate surface area is 195 Å². The SMILES string of the molecule is COc1ccc(CCNCc2nn(Cc3ccc(C)cc3)nc2-c2ccccc2)cc1OC. The molecule has 3 aromatic carbocycles. The van der Waals surface area contributed by atoms with E-state index < -0.39 is 0 Å². The summed E-state index contributed by atoms with van der Waals surface area (Å²) in [6.45, 7) is 4.20. The number of methoxy groups -OCH3 is 2. The molecular formula is C27H30N4O2. The van der Waals surface area contributed by atoms with Crippen molar-refractivity contribution in [2.75, 3.05) is 20.8 Å². The number of rotatable bonds is 10. The Morgan fingerprint density at radius 1 is 0.818 bits per heavy atom. The lowest BCUT2D eigenvalue weighted by molar-refractivity contribution is 0.354. The van der Waals surface area contributed by atoms with Crippen molar-refractivity contribution in [3.05, 3.63) is 95.2 Å². The Morgan fingerprint density at radius 3 is 2.27 bits per heavy atom. The molecule has 0 amide bonds. The molecule has 0 saturated carbocycles. The molecule has 4 rings (SSSR count). The Balaban J connectivity index is 1.44. The van der Waals surface area contributed by atoms with Gasteiger partial charge in [-0.15, -0.1) is 0 Å². The normalized spacial score (nSPS) is 10.9. The van der Waals surface area contributed by atoms with Crippen molar-refractivity contribution < 1.29 is 9.47 Å². The van der Waals surface area contributed by atoms with E-state index >= 15 is 0 Å². The van der Waals surface area contributed by atoms with E-state index in [1.165, 1.54) is 16.7 Å². The molecule has 6 nitrogen and oxygen atoms in total. The Hall–Kier alpha value is -3.64. The van der Waals surface area contributed by atoms with Gasteiger partial charge in [-0.2, -0.15) is 15.0 Å². The van der Waals surface area contributed by atoms with E-state index in [-0.39, 0.29) is 0 Å². The van der Waals surface area contributed by atoms with E-state index in [1.54, 1.807) is 19.0 Å². The van der Waals surface area contributed by atoms with E-state index in [2.05, 4.69) is 54.7 Å². The third-order valence-electron chi connectivity index (χ3n) is 5.55. The van der Waals surface area contributed by atoms with Crippen LogP contribution in [0.4, 0.5) is 0 Å². The van der Waals surface area contributed by atoms with Gasteiger partial charge in [-0.05, 0) is 43.1 Å². The molecule has 0 saturated heterocycles. The maximum atomic E-state index is 5.41. The first-order chi connectivity index (χ1) is 16.2. The van der Waals surface area contributed by atoms with Crippen molar-refractivity contribution in [2.45, 2.75) is 26.4 Å². The molecule has 0 aliphatic carbocycles. The van der Waals surface area contributed by atoms with Crippen LogP contribution in [-0.2, 0) is 19.5 Å². The second kappa shape index (κ2) is 10.8. The Bertz CT molecular complexity index is 1170. The lowest BCUT2D eigenvalue weighted by Crippen LogP contribution is -2.17. The average molecular weight is 443 g/mol. The predicted octanol–water partition coefficient (Wildman–Crippen LogP) is 4.65.